The van der Waals surface area contributed by atoms with E-state index in [1.54, 1.807) is 0 Å². The smallest absolute Gasteiger partial charge is 0.356 e. The molecule has 6 nitrogen and oxygen atoms in total. The predicted molar refractivity (Wildman–Crippen MR) is 45.9 cm³/mol. The Labute approximate surface area is 79.3 Å². The van der Waals surface area contributed by atoms with Gasteiger partial charge in [-0.25, -0.2) is 9.59 Å². The number of nitrogens with zero attached hydrogens (tertiary/aromatic N) is 1. The molecule has 14 heavy (non-hydrogen) atoms. The van der Waals surface area contributed by atoms with E-state index in [-0.39, 0.29) is 17.0 Å². The predicted octanol–water partition coefficient (Wildman–Crippen LogP) is 0.430. The summed E-state index contributed by atoms with van der Waals surface area (Å²) in [4.78, 5) is 21.4. The van der Waals surface area contributed by atoms with E-state index in [0.29, 0.717) is 0 Å². The molecule has 0 radical (unpaired) electrons. The topological polar surface area (TPSA) is 88.8 Å². The molecule has 0 amide bonds. The van der Waals surface area contributed by atoms with Crippen LogP contribution in [0.15, 0.2) is 6.20 Å². The molecule has 0 unspecified atom stereocenters. The second-order valence-electron chi connectivity index (χ2n) is 2.65. The molecule has 6 heteroatoms. The maximum Gasteiger partial charge on any atom is 0.356 e. The molecule has 0 fully saturated rings. The average molecular weight is 199 g/mol. The first kappa shape index (κ1) is 10.1. The van der Waals surface area contributed by atoms with Gasteiger partial charge < -0.3 is 19.5 Å². The van der Waals surface area contributed by atoms with Crippen LogP contribution in [0, 0.1) is 0 Å². The first-order valence-electron chi connectivity index (χ1n) is 3.69. The van der Waals surface area contributed by atoms with Gasteiger partial charge in [0.05, 0.1) is 7.11 Å². The van der Waals surface area contributed by atoms with E-state index < -0.39 is 11.9 Å². The number of aromatic nitrogens is 1. The van der Waals surface area contributed by atoms with Crippen LogP contribution in [0.4, 0.5) is 0 Å². The molecule has 0 spiro atoms. The largest absolute Gasteiger partial charge is 0.493 e. The maximum absolute atomic E-state index is 10.7. The average Bonchev–Trinajstić information content (AvgIpc) is 2.41. The first-order chi connectivity index (χ1) is 6.49. The maximum atomic E-state index is 10.7. The second kappa shape index (κ2) is 3.41. The number of carboxylic acids is 2. The summed E-state index contributed by atoms with van der Waals surface area (Å²) in [5.41, 5.74) is -0.336. The molecule has 0 saturated carbocycles. The summed E-state index contributed by atoms with van der Waals surface area (Å²) in [5, 5.41) is 17.5. The number of aryl methyl sites for hydroxylation is 1. The van der Waals surface area contributed by atoms with E-state index in [0.717, 1.165) is 0 Å². The number of hydrogen-bond acceptors (Lipinski definition) is 3. The normalized spacial score (nSPS) is 9.86. The minimum atomic E-state index is -1.23. The Morgan fingerprint density at radius 1 is 1.36 bits per heavy atom. The molecule has 1 rings (SSSR count). The number of rotatable bonds is 3. The molecular formula is C8H9NO5. The number of carbonyl (C=O) groups is 2. The highest BCUT2D eigenvalue weighted by Gasteiger charge is 2.24. The summed E-state index contributed by atoms with van der Waals surface area (Å²) in [7, 11) is 2.67. The molecule has 1 aromatic rings. The van der Waals surface area contributed by atoms with Gasteiger partial charge in [0, 0.05) is 13.2 Å². The Balaban J connectivity index is 3.43. The Morgan fingerprint density at radius 3 is 2.29 bits per heavy atom. The van der Waals surface area contributed by atoms with Gasteiger partial charge in [0.25, 0.3) is 0 Å². The molecule has 0 bridgehead atoms. The van der Waals surface area contributed by atoms with E-state index in [1.165, 1.54) is 24.9 Å². The lowest BCUT2D eigenvalue weighted by Crippen LogP contribution is -2.05. The highest BCUT2D eigenvalue weighted by molar-refractivity contribution is 5.98. The Kier molecular flexibility index (Phi) is 2.46. The molecule has 1 heterocycles. The van der Waals surface area contributed by atoms with Crippen LogP contribution in [0.5, 0.6) is 5.75 Å². The summed E-state index contributed by atoms with van der Waals surface area (Å²) in [5.74, 6) is -2.57. The van der Waals surface area contributed by atoms with Gasteiger partial charge in [-0.3, -0.25) is 0 Å². The third kappa shape index (κ3) is 1.41. The van der Waals surface area contributed by atoms with Crippen LogP contribution in [-0.2, 0) is 7.05 Å². The number of aromatic carboxylic acids is 2. The minimum Gasteiger partial charge on any atom is -0.493 e. The van der Waals surface area contributed by atoms with Crippen molar-refractivity contribution in [1.82, 2.24) is 4.57 Å². The fourth-order valence-electron chi connectivity index (χ4n) is 1.21. The number of ether oxygens (including phenoxy) is 1. The van der Waals surface area contributed by atoms with Crippen LogP contribution < -0.4 is 4.74 Å². The molecule has 2 N–H and O–H groups in total. The third-order valence-electron chi connectivity index (χ3n) is 1.77. The van der Waals surface area contributed by atoms with Gasteiger partial charge in [-0.15, -0.1) is 0 Å². The molecule has 76 valence electrons. The molecule has 0 aliphatic rings. The zero-order valence-corrected chi connectivity index (χ0v) is 7.64. The van der Waals surface area contributed by atoms with Crippen molar-refractivity contribution in [1.29, 1.82) is 0 Å². The highest BCUT2D eigenvalue weighted by Crippen LogP contribution is 2.25. The van der Waals surface area contributed by atoms with Gasteiger partial charge in [-0.1, -0.05) is 0 Å². The van der Waals surface area contributed by atoms with Crippen LogP contribution >= 0.6 is 0 Å². The summed E-state index contributed by atoms with van der Waals surface area (Å²) in [6.07, 6.45) is 1.20. The van der Waals surface area contributed by atoms with E-state index in [9.17, 15) is 9.59 Å². The third-order valence-corrected chi connectivity index (χ3v) is 1.77. The van der Waals surface area contributed by atoms with E-state index in [2.05, 4.69) is 0 Å². The van der Waals surface area contributed by atoms with Gasteiger partial charge in [0.15, 0.2) is 11.4 Å². The van der Waals surface area contributed by atoms with Gasteiger partial charge in [0.2, 0.25) is 0 Å². The lowest BCUT2D eigenvalue weighted by Gasteiger charge is -2.01. The molecule has 0 aliphatic heterocycles. The molecule has 0 saturated heterocycles. The second-order valence-corrected chi connectivity index (χ2v) is 2.65. The first-order valence-corrected chi connectivity index (χ1v) is 3.69. The van der Waals surface area contributed by atoms with Crippen molar-refractivity contribution < 1.29 is 24.5 Å². The lowest BCUT2D eigenvalue weighted by atomic mass is 10.3. The summed E-state index contributed by atoms with van der Waals surface area (Å²) in [6.45, 7) is 0. The van der Waals surface area contributed by atoms with E-state index in [4.69, 9.17) is 14.9 Å². The highest BCUT2D eigenvalue weighted by atomic mass is 16.5. The van der Waals surface area contributed by atoms with Crippen molar-refractivity contribution in [3.05, 3.63) is 17.5 Å². The number of carboxylic acid groups (broad SMARTS) is 2. The molecule has 0 aliphatic carbocycles. The van der Waals surface area contributed by atoms with Crippen LogP contribution in [0.1, 0.15) is 20.8 Å². The Bertz CT molecular complexity index is 393. The summed E-state index contributed by atoms with van der Waals surface area (Å²) in [6, 6.07) is 0. The van der Waals surface area contributed by atoms with Gasteiger partial charge in [-0.2, -0.15) is 0 Å². The SMILES string of the molecule is COc1c(C(=O)O)cn(C)c1C(=O)O. The van der Waals surface area contributed by atoms with Gasteiger partial charge >= 0.3 is 11.9 Å². The molecule has 0 aromatic carbocycles. The van der Waals surface area contributed by atoms with Crippen LogP contribution in [0.25, 0.3) is 0 Å². The summed E-state index contributed by atoms with van der Waals surface area (Å²) >= 11 is 0. The Morgan fingerprint density at radius 2 is 1.93 bits per heavy atom. The van der Waals surface area contributed by atoms with Crippen LogP contribution in [0.3, 0.4) is 0 Å². The molecule has 1 aromatic heterocycles. The fraction of sp³-hybridized carbons (Fsp3) is 0.250. The zero-order valence-electron chi connectivity index (χ0n) is 7.64. The van der Waals surface area contributed by atoms with Crippen molar-refractivity contribution in [2.24, 2.45) is 7.05 Å². The molecular weight excluding hydrogens is 190 g/mol. The fourth-order valence-corrected chi connectivity index (χ4v) is 1.21. The van der Waals surface area contributed by atoms with Crippen molar-refractivity contribution in [3.63, 3.8) is 0 Å². The number of methoxy groups -OCH3 is 1. The lowest BCUT2D eigenvalue weighted by molar-refractivity contribution is 0.0682. The molecule has 0 atom stereocenters. The van der Waals surface area contributed by atoms with E-state index in [1.807, 2.05) is 0 Å². The summed E-state index contributed by atoms with van der Waals surface area (Å²) < 4.78 is 5.94. The van der Waals surface area contributed by atoms with Gasteiger partial charge in [-0.05, 0) is 0 Å². The zero-order chi connectivity index (χ0) is 10.9. The Hall–Kier alpha value is -1.98. The van der Waals surface area contributed by atoms with Crippen molar-refractivity contribution in [2.75, 3.05) is 7.11 Å². The standard InChI is InChI=1S/C8H9NO5/c1-9-3-4(7(10)11)6(14-2)5(9)8(12)13/h3H,1-2H3,(H,10,11)(H,12,13). The van der Waals surface area contributed by atoms with Gasteiger partial charge in [0.1, 0.15) is 5.56 Å². The minimum absolute atomic E-state index is 0.132. The van der Waals surface area contributed by atoms with Crippen LogP contribution in [0.2, 0.25) is 0 Å². The number of hydrogen-bond donors (Lipinski definition) is 2. The quantitative estimate of drug-likeness (QED) is 0.736. The van der Waals surface area contributed by atoms with Crippen molar-refractivity contribution in [3.8, 4) is 5.75 Å². The van der Waals surface area contributed by atoms with E-state index >= 15 is 0 Å². The van der Waals surface area contributed by atoms with Crippen LogP contribution in [-0.4, -0.2) is 33.8 Å². The van der Waals surface area contributed by atoms with Crippen molar-refractivity contribution >= 4 is 11.9 Å². The van der Waals surface area contributed by atoms with Crippen molar-refractivity contribution in [2.45, 2.75) is 0 Å². The monoisotopic (exact) mass is 199 g/mol.